The maximum Gasteiger partial charge on any atom is 0.391 e. The van der Waals surface area contributed by atoms with Crippen LogP contribution >= 0.6 is 8.60 Å². The van der Waals surface area contributed by atoms with E-state index in [4.69, 9.17) is 14.3 Å². The smallest absolute Gasteiger partial charge is 0.391 e. The van der Waals surface area contributed by atoms with Crippen LogP contribution in [0.2, 0.25) is 0 Å². The quantitative estimate of drug-likeness (QED) is 0.581. The van der Waals surface area contributed by atoms with Crippen LogP contribution in [0, 0.1) is 0 Å². The van der Waals surface area contributed by atoms with E-state index in [9.17, 15) is 0 Å². The van der Waals surface area contributed by atoms with Crippen molar-refractivity contribution in [2.24, 2.45) is 0 Å². The van der Waals surface area contributed by atoms with Crippen molar-refractivity contribution in [1.82, 2.24) is 0 Å². The lowest BCUT2D eigenvalue weighted by atomic mass is 10.1. The molecule has 1 rings (SSSR count). The second kappa shape index (κ2) is 6.78. The lowest BCUT2D eigenvalue weighted by Gasteiger charge is -2.06. The summed E-state index contributed by atoms with van der Waals surface area (Å²) in [6, 6.07) is 7.46. The van der Waals surface area contributed by atoms with Crippen molar-refractivity contribution in [2.45, 2.75) is 32.6 Å². The summed E-state index contributed by atoms with van der Waals surface area (Å²) in [5.74, 6) is 0.505. The van der Waals surface area contributed by atoms with Crippen molar-refractivity contribution < 1.29 is 14.3 Å². The van der Waals surface area contributed by atoms with E-state index in [1.54, 1.807) is 12.1 Å². The first-order valence-corrected chi connectivity index (χ1v) is 6.33. The van der Waals surface area contributed by atoms with Crippen LogP contribution in [0.5, 0.6) is 5.75 Å². The molecule has 0 heterocycles. The minimum absolute atomic E-state index is 0.505. The average molecular weight is 228 g/mol. The molecule has 3 nitrogen and oxygen atoms in total. The molecule has 0 atom stereocenters. The van der Waals surface area contributed by atoms with Crippen LogP contribution in [0.25, 0.3) is 0 Å². The number of unbranched alkanes of at least 4 members (excludes halogenated alkanes) is 2. The van der Waals surface area contributed by atoms with Crippen molar-refractivity contribution in [3.8, 4) is 5.75 Å². The summed E-state index contributed by atoms with van der Waals surface area (Å²) in [4.78, 5) is 17.3. The van der Waals surface area contributed by atoms with Gasteiger partial charge in [0.1, 0.15) is 5.75 Å². The molecule has 0 saturated heterocycles. The Bertz CT molecular complexity index is 272. The summed E-state index contributed by atoms with van der Waals surface area (Å²) in [5.41, 5.74) is 1.26. The first-order valence-electron chi connectivity index (χ1n) is 5.17. The zero-order valence-electron chi connectivity index (χ0n) is 8.89. The molecule has 0 aliphatic heterocycles. The molecule has 1 aromatic rings. The molecule has 0 aliphatic rings. The van der Waals surface area contributed by atoms with Crippen molar-refractivity contribution >= 4 is 8.60 Å². The molecular weight excluding hydrogens is 211 g/mol. The molecule has 15 heavy (non-hydrogen) atoms. The van der Waals surface area contributed by atoms with Crippen LogP contribution in [-0.4, -0.2) is 9.79 Å². The summed E-state index contributed by atoms with van der Waals surface area (Å²) in [6.45, 7) is 2.18. The van der Waals surface area contributed by atoms with E-state index in [0.717, 1.165) is 6.42 Å². The predicted octanol–water partition coefficient (Wildman–Crippen LogP) is 3.01. The molecule has 2 N–H and O–H groups in total. The molecule has 0 radical (unpaired) electrons. The summed E-state index contributed by atoms with van der Waals surface area (Å²) < 4.78 is 4.77. The number of aryl methyl sites for hydroxylation is 1. The Morgan fingerprint density at radius 1 is 1.13 bits per heavy atom. The van der Waals surface area contributed by atoms with Crippen molar-refractivity contribution in [3.63, 3.8) is 0 Å². The Labute approximate surface area is 91.7 Å². The molecule has 0 fully saturated rings. The summed E-state index contributed by atoms with van der Waals surface area (Å²) >= 11 is 0. The molecule has 0 bridgehead atoms. The molecule has 4 heteroatoms. The SMILES string of the molecule is CCCCCc1ccc(OP(O)O)cc1. The van der Waals surface area contributed by atoms with E-state index in [0.29, 0.717) is 5.75 Å². The topological polar surface area (TPSA) is 49.7 Å². The van der Waals surface area contributed by atoms with Gasteiger partial charge in [-0.15, -0.1) is 0 Å². The summed E-state index contributed by atoms with van der Waals surface area (Å²) in [5, 5.41) is 0. The van der Waals surface area contributed by atoms with Gasteiger partial charge in [-0.3, -0.25) is 0 Å². The van der Waals surface area contributed by atoms with Gasteiger partial charge < -0.3 is 14.3 Å². The third kappa shape index (κ3) is 5.12. The summed E-state index contributed by atoms with van der Waals surface area (Å²) in [7, 11) is -2.30. The number of benzene rings is 1. The Kier molecular flexibility index (Phi) is 5.62. The third-order valence-corrected chi connectivity index (χ3v) is 2.55. The molecule has 84 valence electrons. The normalized spacial score (nSPS) is 10.7. The van der Waals surface area contributed by atoms with E-state index in [1.165, 1.54) is 24.8 Å². The van der Waals surface area contributed by atoms with Gasteiger partial charge in [-0.1, -0.05) is 31.9 Å². The van der Waals surface area contributed by atoms with Gasteiger partial charge >= 0.3 is 8.60 Å². The molecule has 0 saturated carbocycles. The number of hydrogen-bond donors (Lipinski definition) is 2. The molecular formula is C11H17O3P. The minimum atomic E-state index is -2.30. The van der Waals surface area contributed by atoms with Gasteiger partial charge in [0.05, 0.1) is 0 Å². The highest BCUT2D eigenvalue weighted by atomic mass is 31.2. The second-order valence-electron chi connectivity index (χ2n) is 3.45. The lowest BCUT2D eigenvalue weighted by molar-refractivity contribution is 0.375. The predicted molar refractivity (Wildman–Crippen MR) is 61.7 cm³/mol. The lowest BCUT2D eigenvalue weighted by Crippen LogP contribution is -1.87. The monoisotopic (exact) mass is 228 g/mol. The zero-order valence-corrected chi connectivity index (χ0v) is 9.78. The van der Waals surface area contributed by atoms with Gasteiger partial charge in [-0.2, -0.15) is 0 Å². The Balaban J connectivity index is 2.42. The average Bonchev–Trinajstić information content (AvgIpc) is 2.20. The Hall–Kier alpha value is -0.630. The van der Waals surface area contributed by atoms with Crippen LogP contribution in [0.4, 0.5) is 0 Å². The van der Waals surface area contributed by atoms with Gasteiger partial charge in [0.2, 0.25) is 0 Å². The fourth-order valence-corrected chi connectivity index (χ4v) is 1.70. The maximum absolute atomic E-state index is 8.65. The number of hydrogen-bond acceptors (Lipinski definition) is 3. The van der Waals surface area contributed by atoms with Gasteiger partial charge in [0.25, 0.3) is 0 Å². The standard InChI is InChI=1S/C11H17O3P/c1-2-3-4-5-10-6-8-11(9-7-10)14-15(12)13/h6-9,12-13H,2-5H2,1H3. The van der Waals surface area contributed by atoms with E-state index < -0.39 is 8.60 Å². The molecule has 0 aromatic heterocycles. The van der Waals surface area contributed by atoms with Crippen LogP contribution in [0.3, 0.4) is 0 Å². The first kappa shape index (κ1) is 12.4. The molecule has 1 aromatic carbocycles. The van der Waals surface area contributed by atoms with Gasteiger partial charge in [-0.05, 0) is 30.5 Å². The first-order chi connectivity index (χ1) is 7.22. The zero-order chi connectivity index (χ0) is 11.1. The highest BCUT2D eigenvalue weighted by Gasteiger charge is 2.01. The molecule has 0 spiro atoms. The van der Waals surface area contributed by atoms with Gasteiger partial charge in [-0.25, -0.2) is 0 Å². The third-order valence-electron chi connectivity index (χ3n) is 2.18. The highest BCUT2D eigenvalue weighted by molar-refractivity contribution is 7.39. The van der Waals surface area contributed by atoms with Crippen molar-refractivity contribution in [2.75, 3.05) is 0 Å². The van der Waals surface area contributed by atoms with Gasteiger partial charge in [0.15, 0.2) is 0 Å². The van der Waals surface area contributed by atoms with E-state index in [1.807, 2.05) is 12.1 Å². The molecule has 0 aliphatic carbocycles. The minimum Gasteiger partial charge on any atom is -0.427 e. The summed E-state index contributed by atoms with van der Waals surface area (Å²) in [6.07, 6.45) is 4.74. The molecule has 0 amide bonds. The van der Waals surface area contributed by atoms with Gasteiger partial charge in [0, 0.05) is 0 Å². The van der Waals surface area contributed by atoms with Crippen molar-refractivity contribution in [1.29, 1.82) is 0 Å². The fourth-order valence-electron chi connectivity index (χ4n) is 1.39. The maximum atomic E-state index is 8.65. The fraction of sp³-hybridized carbons (Fsp3) is 0.455. The van der Waals surface area contributed by atoms with E-state index in [-0.39, 0.29) is 0 Å². The van der Waals surface area contributed by atoms with Crippen molar-refractivity contribution in [3.05, 3.63) is 29.8 Å². The van der Waals surface area contributed by atoms with Crippen LogP contribution < -0.4 is 4.52 Å². The largest absolute Gasteiger partial charge is 0.427 e. The van der Waals surface area contributed by atoms with E-state index in [2.05, 4.69) is 6.92 Å². The van der Waals surface area contributed by atoms with Crippen LogP contribution in [0.1, 0.15) is 31.7 Å². The molecule has 0 unspecified atom stereocenters. The number of rotatable bonds is 6. The van der Waals surface area contributed by atoms with E-state index >= 15 is 0 Å². The highest BCUT2D eigenvalue weighted by Crippen LogP contribution is 2.28. The Morgan fingerprint density at radius 3 is 2.33 bits per heavy atom. The van der Waals surface area contributed by atoms with Crippen LogP contribution in [-0.2, 0) is 6.42 Å². The Morgan fingerprint density at radius 2 is 1.80 bits per heavy atom. The van der Waals surface area contributed by atoms with Crippen LogP contribution in [0.15, 0.2) is 24.3 Å². The second-order valence-corrected chi connectivity index (χ2v) is 4.13.